The topological polar surface area (TPSA) is 126 Å². The average molecular weight is 383 g/mol. The van der Waals surface area contributed by atoms with Crippen molar-refractivity contribution in [2.24, 2.45) is 0 Å². The van der Waals surface area contributed by atoms with Gasteiger partial charge >= 0.3 is 6.01 Å². The summed E-state index contributed by atoms with van der Waals surface area (Å²) in [6, 6.07) is 5.37. The summed E-state index contributed by atoms with van der Waals surface area (Å²) >= 11 is 10.3. The lowest BCUT2D eigenvalue weighted by Gasteiger charge is -2.04. The van der Waals surface area contributed by atoms with Gasteiger partial charge in [-0.2, -0.15) is 5.10 Å². The van der Waals surface area contributed by atoms with Crippen molar-refractivity contribution in [2.45, 2.75) is 26.2 Å². The first-order valence-corrected chi connectivity index (χ1v) is 7.51. The Hall–Kier alpha value is -2.52. The van der Waals surface area contributed by atoms with Crippen LogP contribution in [0.5, 0.6) is 0 Å². The predicted molar refractivity (Wildman–Crippen MR) is 100 cm³/mol. The zero-order valence-electron chi connectivity index (χ0n) is 12.9. The number of hydrogen-bond donors (Lipinski definition) is 3. The van der Waals surface area contributed by atoms with Crippen LogP contribution in [0.25, 0.3) is 5.69 Å². The number of halogens is 1. The van der Waals surface area contributed by atoms with Crippen molar-refractivity contribution in [3.05, 3.63) is 41.0 Å². The fourth-order valence-electron chi connectivity index (χ4n) is 1.65. The van der Waals surface area contributed by atoms with Gasteiger partial charge in [-0.25, -0.2) is 4.68 Å². The maximum absolute atomic E-state index is 10.4. The Balaban J connectivity index is 0.000000270. The van der Waals surface area contributed by atoms with Gasteiger partial charge in [-0.3, -0.25) is 4.79 Å². The number of nitrogen functional groups attached to an aromatic ring is 2. The number of aryl methyl sites for hydroxylation is 1. The number of rotatable bonds is 2. The minimum atomic E-state index is -0.279. The number of anilines is 2. The SMILES string of the molecule is C.CC(=O)c1nnc(N)o1.Cc1nn(-c2cc(S)ccc2Cl)cc1N. The van der Waals surface area contributed by atoms with Gasteiger partial charge in [-0.05, 0) is 25.1 Å². The van der Waals surface area contributed by atoms with Gasteiger partial charge in [0.05, 0.1) is 28.3 Å². The Morgan fingerprint density at radius 2 is 2.00 bits per heavy atom. The van der Waals surface area contributed by atoms with Crippen LogP contribution in [0.3, 0.4) is 0 Å². The number of nitrogens with two attached hydrogens (primary N) is 2. The molecule has 0 amide bonds. The Morgan fingerprint density at radius 1 is 1.32 bits per heavy atom. The molecule has 2 aromatic heterocycles. The third kappa shape index (κ3) is 5.23. The first-order chi connectivity index (χ1) is 11.3. The van der Waals surface area contributed by atoms with Gasteiger partial charge in [0.15, 0.2) is 0 Å². The number of aromatic nitrogens is 4. The van der Waals surface area contributed by atoms with Crippen LogP contribution in [-0.4, -0.2) is 25.8 Å². The quantitative estimate of drug-likeness (QED) is 0.458. The molecule has 0 unspecified atom stereocenters. The van der Waals surface area contributed by atoms with Crippen molar-refractivity contribution in [3.8, 4) is 5.69 Å². The average Bonchev–Trinajstić information content (AvgIpc) is 3.09. The van der Waals surface area contributed by atoms with Gasteiger partial charge in [0, 0.05) is 11.8 Å². The van der Waals surface area contributed by atoms with E-state index in [2.05, 4.69) is 32.3 Å². The summed E-state index contributed by atoms with van der Waals surface area (Å²) in [5.41, 5.74) is 13.0. The monoisotopic (exact) mass is 382 g/mol. The van der Waals surface area contributed by atoms with Crippen LogP contribution in [0.15, 0.2) is 33.7 Å². The van der Waals surface area contributed by atoms with E-state index in [4.69, 9.17) is 23.1 Å². The maximum Gasteiger partial charge on any atom is 0.313 e. The van der Waals surface area contributed by atoms with E-state index in [-0.39, 0.29) is 25.1 Å². The molecule has 3 aromatic rings. The van der Waals surface area contributed by atoms with Crippen LogP contribution in [-0.2, 0) is 0 Å². The van der Waals surface area contributed by atoms with Gasteiger partial charge in [-0.15, -0.1) is 17.7 Å². The van der Waals surface area contributed by atoms with Crippen molar-refractivity contribution in [1.29, 1.82) is 0 Å². The summed E-state index contributed by atoms with van der Waals surface area (Å²) in [4.78, 5) is 11.2. The number of Topliss-reactive ketones (excluding diaryl/α,β-unsaturated/α-hetero) is 1. The molecule has 0 atom stereocenters. The van der Waals surface area contributed by atoms with Gasteiger partial charge in [0.2, 0.25) is 5.78 Å². The Kier molecular flexibility index (Phi) is 7.01. The molecule has 0 aliphatic heterocycles. The molecule has 0 bridgehead atoms. The van der Waals surface area contributed by atoms with Crippen molar-refractivity contribution in [3.63, 3.8) is 0 Å². The first-order valence-electron chi connectivity index (χ1n) is 6.68. The minimum absolute atomic E-state index is 0. The highest BCUT2D eigenvalue weighted by Gasteiger charge is 2.07. The third-order valence-electron chi connectivity index (χ3n) is 2.86. The van der Waals surface area contributed by atoms with Gasteiger partial charge in [0.1, 0.15) is 0 Å². The fourth-order valence-corrected chi connectivity index (χ4v) is 2.05. The van der Waals surface area contributed by atoms with Crippen LogP contribution < -0.4 is 11.5 Å². The predicted octanol–water partition coefficient (Wildman–Crippen LogP) is 3.20. The van der Waals surface area contributed by atoms with E-state index in [0.29, 0.717) is 10.7 Å². The number of benzene rings is 1. The van der Waals surface area contributed by atoms with Crippen molar-refractivity contribution in [1.82, 2.24) is 20.0 Å². The fraction of sp³-hybridized carbons (Fsp3) is 0.200. The maximum atomic E-state index is 10.4. The van der Waals surface area contributed by atoms with E-state index in [1.54, 1.807) is 16.9 Å². The van der Waals surface area contributed by atoms with E-state index in [9.17, 15) is 4.79 Å². The van der Waals surface area contributed by atoms with Gasteiger partial charge in [-0.1, -0.05) is 24.1 Å². The van der Waals surface area contributed by atoms with Crippen LogP contribution >= 0.6 is 24.2 Å². The molecule has 8 nitrogen and oxygen atoms in total. The molecule has 2 heterocycles. The number of nitrogens with zero attached hydrogens (tertiary/aromatic N) is 4. The molecule has 134 valence electrons. The van der Waals surface area contributed by atoms with Crippen LogP contribution in [0.4, 0.5) is 11.7 Å². The lowest BCUT2D eigenvalue weighted by molar-refractivity contribution is 0.0981. The molecule has 4 N–H and O–H groups in total. The van der Waals surface area contributed by atoms with E-state index in [1.165, 1.54) is 6.92 Å². The molecule has 0 aliphatic carbocycles. The number of hydrogen-bond acceptors (Lipinski definition) is 8. The van der Waals surface area contributed by atoms with Crippen molar-refractivity contribution in [2.75, 3.05) is 11.5 Å². The highest BCUT2D eigenvalue weighted by Crippen LogP contribution is 2.24. The van der Waals surface area contributed by atoms with E-state index in [1.807, 2.05) is 19.1 Å². The molecular formula is C15H19ClN6O2S. The summed E-state index contributed by atoms with van der Waals surface area (Å²) in [7, 11) is 0. The molecule has 1 aromatic carbocycles. The van der Waals surface area contributed by atoms with Gasteiger partial charge < -0.3 is 15.9 Å². The molecule has 3 rings (SSSR count). The van der Waals surface area contributed by atoms with Crippen LogP contribution in [0, 0.1) is 6.92 Å². The highest BCUT2D eigenvalue weighted by molar-refractivity contribution is 7.80. The smallest absolute Gasteiger partial charge is 0.313 e. The molecule has 0 saturated carbocycles. The van der Waals surface area contributed by atoms with Crippen molar-refractivity contribution >= 4 is 41.7 Å². The third-order valence-corrected chi connectivity index (χ3v) is 3.45. The van der Waals surface area contributed by atoms with E-state index < -0.39 is 0 Å². The standard InChI is InChI=1S/C10H10ClN3S.C4H5N3O2.CH4/c1-6-9(12)5-14(13-6)10-4-7(15)2-3-8(10)11;1-2(8)3-6-7-4(5)9-3;/h2-5,15H,12H2,1H3;1H3,(H2,5,7);1H4. The molecule has 0 aliphatic rings. The Bertz CT molecular complexity index is 857. The molecule has 0 spiro atoms. The molecule has 25 heavy (non-hydrogen) atoms. The molecule has 0 saturated heterocycles. The lowest BCUT2D eigenvalue weighted by atomic mass is 10.3. The minimum Gasteiger partial charge on any atom is -0.400 e. The molecule has 10 heteroatoms. The Labute approximate surface area is 155 Å². The molecule has 0 radical (unpaired) electrons. The zero-order chi connectivity index (χ0) is 17.9. The van der Waals surface area contributed by atoms with E-state index in [0.717, 1.165) is 16.3 Å². The highest BCUT2D eigenvalue weighted by atomic mass is 35.5. The summed E-state index contributed by atoms with van der Waals surface area (Å²) in [5.74, 6) is -0.327. The van der Waals surface area contributed by atoms with Crippen LogP contribution in [0.2, 0.25) is 5.02 Å². The van der Waals surface area contributed by atoms with Crippen LogP contribution in [0.1, 0.15) is 30.7 Å². The summed E-state index contributed by atoms with van der Waals surface area (Å²) in [5, 5.41) is 11.5. The Morgan fingerprint density at radius 3 is 2.44 bits per heavy atom. The normalized spacial score (nSPS) is 9.76. The lowest BCUT2D eigenvalue weighted by Crippen LogP contribution is -1.95. The summed E-state index contributed by atoms with van der Waals surface area (Å²) in [6.07, 6.45) is 1.74. The van der Waals surface area contributed by atoms with Crippen molar-refractivity contribution < 1.29 is 9.21 Å². The van der Waals surface area contributed by atoms with Gasteiger partial charge in [0.25, 0.3) is 5.89 Å². The summed E-state index contributed by atoms with van der Waals surface area (Å²) < 4.78 is 6.21. The summed E-state index contributed by atoms with van der Waals surface area (Å²) in [6.45, 7) is 3.18. The second-order valence-corrected chi connectivity index (χ2v) is 5.68. The van der Waals surface area contributed by atoms with E-state index >= 15 is 0 Å². The number of carbonyl (C=O) groups excluding carboxylic acids is 1. The second kappa shape index (κ2) is 8.54. The molecular weight excluding hydrogens is 364 g/mol. The number of thiol groups is 1. The largest absolute Gasteiger partial charge is 0.400 e. The molecule has 0 fully saturated rings. The second-order valence-electron chi connectivity index (χ2n) is 4.75. The number of ketones is 1. The number of carbonyl (C=O) groups is 1. The zero-order valence-corrected chi connectivity index (χ0v) is 14.5. The first kappa shape index (κ1) is 20.5.